The normalized spacial score (nSPS) is 10.4. The number of aryl methyl sites for hydroxylation is 1. The molecule has 0 aliphatic carbocycles. The third kappa shape index (κ3) is 4.21. The molecule has 2 amide bonds. The number of rotatable bonds is 6. The van der Waals surface area contributed by atoms with Gasteiger partial charge in [0.2, 0.25) is 6.54 Å². The third-order valence-electron chi connectivity index (χ3n) is 3.58. The highest BCUT2D eigenvalue weighted by atomic mass is 32.1. The van der Waals surface area contributed by atoms with Gasteiger partial charge in [0, 0.05) is 19.1 Å². The molecule has 3 N–H and O–H groups in total. The van der Waals surface area contributed by atoms with Crippen LogP contribution < -0.4 is 15.6 Å². The Kier molecular flexibility index (Phi) is 5.87. The molecule has 0 bridgehead atoms. The molecule has 7 nitrogen and oxygen atoms in total. The Morgan fingerprint density at radius 3 is 2.60 bits per heavy atom. The standard InChI is InChI=1S/C17H19N3O4S/c1-4-24-17(23)13-11(3)14(15(18)22)25-16(13)19-12(21)9-20-8-6-5-7-10(20)2/h5-8H,4,9H2,1-3H3,(H2-,18,19,21,22,23)/p+1. The monoisotopic (exact) mass is 362 g/mol. The van der Waals surface area contributed by atoms with E-state index in [1.54, 1.807) is 24.6 Å². The van der Waals surface area contributed by atoms with Crippen LogP contribution in [0.15, 0.2) is 24.4 Å². The number of thiophene rings is 1. The molecule has 2 aromatic rings. The lowest BCUT2D eigenvalue weighted by atomic mass is 10.1. The molecule has 0 saturated carbocycles. The van der Waals surface area contributed by atoms with Crippen molar-refractivity contribution >= 4 is 34.1 Å². The van der Waals surface area contributed by atoms with E-state index in [-0.39, 0.29) is 34.5 Å². The number of nitrogens with two attached hydrogens (primary N) is 1. The van der Waals surface area contributed by atoms with E-state index in [4.69, 9.17) is 10.5 Å². The van der Waals surface area contributed by atoms with Crippen molar-refractivity contribution in [1.82, 2.24) is 0 Å². The molecule has 0 aromatic carbocycles. The number of anilines is 1. The molecule has 2 heterocycles. The molecule has 0 unspecified atom stereocenters. The van der Waals surface area contributed by atoms with E-state index >= 15 is 0 Å². The largest absolute Gasteiger partial charge is 0.462 e. The Morgan fingerprint density at radius 1 is 1.28 bits per heavy atom. The average molecular weight is 362 g/mol. The predicted octanol–water partition coefficient (Wildman–Crippen LogP) is 1.57. The number of nitrogens with zero attached hydrogens (tertiary/aromatic N) is 1. The van der Waals surface area contributed by atoms with Crippen molar-refractivity contribution in [1.29, 1.82) is 0 Å². The van der Waals surface area contributed by atoms with Crippen molar-refractivity contribution in [3.05, 3.63) is 46.1 Å². The zero-order chi connectivity index (χ0) is 18.6. The lowest BCUT2D eigenvalue weighted by Crippen LogP contribution is -2.42. The zero-order valence-corrected chi connectivity index (χ0v) is 15.1. The summed E-state index contributed by atoms with van der Waals surface area (Å²) in [5, 5.41) is 2.96. The Hall–Kier alpha value is -2.74. The molecule has 0 atom stereocenters. The minimum atomic E-state index is -0.651. The Morgan fingerprint density at radius 2 is 2.00 bits per heavy atom. The van der Waals surface area contributed by atoms with E-state index in [1.807, 2.05) is 25.1 Å². The number of pyridine rings is 1. The van der Waals surface area contributed by atoms with Crippen LogP contribution in [0.5, 0.6) is 0 Å². The maximum absolute atomic E-state index is 12.4. The number of esters is 1. The maximum atomic E-state index is 12.4. The van der Waals surface area contributed by atoms with Gasteiger partial charge in [0.15, 0.2) is 11.9 Å². The zero-order valence-electron chi connectivity index (χ0n) is 14.3. The van der Waals surface area contributed by atoms with Crippen LogP contribution in [0.1, 0.15) is 38.2 Å². The first-order chi connectivity index (χ1) is 11.8. The van der Waals surface area contributed by atoms with Crippen LogP contribution >= 0.6 is 11.3 Å². The number of carbonyl (C=O) groups excluding carboxylic acids is 3. The molecular weight excluding hydrogens is 342 g/mol. The van der Waals surface area contributed by atoms with Gasteiger partial charge in [-0.05, 0) is 19.4 Å². The molecule has 0 fully saturated rings. The SMILES string of the molecule is CCOC(=O)c1c(NC(=O)C[n+]2ccccc2C)sc(C(N)=O)c1C. The molecule has 0 saturated heterocycles. The van der Waals surface area contributed by atoms with Crippen LogP contribution in [0.25, 0.3) is 0 Å². The van der Waals surface area contributed by atoms with Gasteiger partial charge in [-0.15, -0.1) is 11.3 Å². The first-order valence-corrected chi connectivity index (χ1v) is 8.52. The van der Waals surface area contributed by atoms with Gasteiger partial charge in [-0.25, -0.2) is 4.79 Å². The van der Waals surface area contributed by atoms with Crippen molar-refractivity contribution in [3.8, 4) is 0 Å². The van der Waals surface area contributed by atoms with Gasteiger partial charge in [-0.3, -0.25) is 9.59 Å². The van der Waals surface area contributed by atoms with Crippen LogP contribution in [0.4, 0.5) is 5.00 Å². The van der Waals surface area contributed by atoms with Crippen LogP contribution in [0, 0.1) is 13.8 Å². The van der Waals surface area contributed by atoms with Gasteiger partial charge in [0.05, 0.1) is 17.0 Å². The second-order valence-corrected chi connectivity index (χ2v) is 6.38. The molecule has 0 aliphatic rings. The number of ether oxygens (including phenoxy) is 1. The molecule has 2 rings (SSSR count). The van der Waals surface area contributed by atoms with Gasteiger partial charge in [0.25, 0.3) is 11.8 Å². The molecule has 2 aromatic heterocycles. The van der Waals surface area contributed by atoms with E-state index in [9.17, 15) is 14.4 Å². The molecule has 0 aliphatic heterocycles. The van der Waals surface area contributed by atoms with Crippen molar-refractivity contribution in [2.75, 3.05) is 11.9 Å². The van der Waals surface area contributed by atoms with Crippen LogP contribution in [0.2, 0.25) is 0 Å². The van der Waals surface area contributed by atoms with E-state index < -0.39 is 11.9 Å². The lowest BCUT2D eigenvalue weighted by Gasteiger charge is -2.06. The van der Waals surface area contributed by atoms with Gasteiger partial charge in [0.1, 0.15) is 5.00 Å². The van der Waals surface area contributed by atoms with Crippen molar-refractivity contribution in [2.45, 2.75) is 27.3 Å². The number of primary amides is 1. The molecule has 0 radical (unpaired) electrons. The highest BCUT2D eigenvalue weighted by molar-refractivity contribution is 7.18. The average Bonchev–Trinajstić information content (AvgIpc) is 2.86. The van der Waals surface area contributed by atoms with Crippen molar-refractivity contribution < 1.29 is 23.7 Å². The quantitative estimate of drug-likeness (QED) is 0.601. The van der Waals surface area contributed by atoms with E-state index in [2.05, 4.69) is 5.32 Å². The van der Waals surface area contributed by atoms with Crippen LogP contribution in [0.3, 0.4) is 0 Å². The number of amides is 2. The number of nitrogens with one attached hydrogen (secondary N) is 1. The van der Waals surface area contributed by atoms with Crippen LogP contribution in [-0.4, -0.2) is 24.4 Å². The minimum Gasteiger partial charge on any atom is -0.462 e. The van der Waals surface area contributed by atoms with Crippen LogP contribution in [-0.2, 0) is 16.1 Å². The van der Waals surface area contributed by atoms with Crippen molar-refractivity contribution in [3.63, 3.8) is 0 Å². The first-order valence-electron chi connectivity index (χ1n) is 7.70. The van der Waals surface area contributed by atoms with Gasteiger partial charge >= 0.3 is 5.97 Å². The Balaban J connectivity index is 2.30. The lowest BCUT2D eigenvalue weighted by molar-refractivity contribution is -0.690. The highest BCUT2D eigenvalue weighted by Crippen LogP contribution is 2.33. The van der Waals surface area contributed by atoms with Gasteiger partial charge < -0.3 is 15.8 Å². The van der Waals surface area contributed by atoms with E-state index in [0.717, 1.165) is 17.0 Å². The fraction of sp³-hybridized carbons (Fsp3) is 0.294. The minimum absolute atomic E-state index is 0.0811. The summed E-state index contributed by atoms with van der Waals surface area (Å²) < 4.78 is 6.79. The first kappa shape index (κ1) is 18.6. The summed E-state index contributed by atoms with van der Waals surface area (Å²) in [7, 11) is 0. The third-order valence-corrected chi connectivity index (χ3v) is 4.81. The summed E-state index contributed by atoms with van der Waals surface area (Å²) >= 11 is 0.975. The fourth-order valence-corrected chi connectivity index (χ4v) is 3.41. The summed E-state index contributed by atoms with van der Waals surface area (Å²) in [6, 6.07) is 5.59. The summed E-state index contributed by atoms with van der Waals surface area (Å²) in [6.07, 6.45) is 1.79. The second-order valence-electron chi connectivity index (χ2n) is 5.36. The van der Waals surface area contributed by atoms with E-state index in [1.165, 1.54) is 0 Å². The second kappa shape index (κ2) is 7.89. The summed E-state index contributed by atoms with van der Waals surface area (Å²) in [5.41, 5.74) is 6.85. The number of carbonyl (C=O) groups is 3. The number of aromatic nitrogens is 1. The molecule has 132 valence electrons. The molecule has 8 heteroatoms. The number of hydrogen-bond donors (Lipinski definition) is 2. The van der Waals surface area contributed by atoms with E-state index in [0.29, 0.717) is 5.56 Å². The molecule has 0 spiro atoms. The fourth-order valence-electron chi connectivity index (χ4n) is 2.35. The number of hydrogen-bond acceptors (Lipinski definition) is 5. The predicted molar refractivity (Wildman–Crippen MR) is 93.5 cm³/mol. The summed E-state index contributed by atoms with van der Waals surface area (Å²) in [4.78, 5) is 36.3. The Labute approximate surface area is 149 Å². The highest BCUT2D eigenvalue weighted by Gasteiger charge is 2.26. The smallest absolute Gasteiger partial charge is 0.341 e. The summed E-state index contributed by atoms with van der Waals surface area (Å²) in [5.74, 6) is -1.56. The van der Waals surface area contributed by atoms with Gasteiger partial charge in [-0.1, -0.05) is 6.07 Å². The van der Waals surface area contributed by atoms with Crippen molar-refractivity contribution in [2.24, 2.45) is 5.73 Å². The maximum Gasteiger partial charge on any atom is 0.341 e. The molecule has 25 heavy (non-hydrogen) atoms. The Bertz CT molecular complexity index is 829. The van der Waals surface area contributed by atoms with Gasteiger partial charge in [-0.2, -0.15) is 4.57 Å². The molecular formula is C17H20N3O4S+. The summed E-state index contributed by atoms with van der Waals surface area (Å²) in [6.45, 7) is 5.44. The topological polar surface area (TPSA) is 102 Å².